The lowest BCUT2D eigenvalue weighted by atomic mass is 9.68. The zero-order valence-corrected chi connectivity index (χ0v) is 18.6. The van der Waals surface area contributed by atoms with E-state index in [2.05, 4.69) is 43.9 Å². The molecule has 0 bridgehead atoms. The Bertz CT molecular complexity index is 877. The van der Waals surface area contributed by atoms with Crippen molar-refractivity contribution in [1.29, 1.82) is 0 Å². The van der Waals surface area contributed by atoms with Crippen molar-refractivity contribution in [1.82, 2.24) is 0 Å². The summed E-state index contributed by atoms with van der Waals surface area (Å²) >= 11 is 0. The molecule has 0 aliphatic heterocycles. The molecule has 2 fully saturated rings. The second-order valence-electron chi connectivity index (χ2n) is 9.66. The van der Waals surface area contributed by atoms with Crippen LogP contribution in [0.15, 0.2) is 55.1 Å². The molecule has 0 unspecified atom stereocenters. The van der Waals surface area contributed by atoms with Crippen molar-refractivity contribution in [3.05, 3.63) is 72.1 Å². The monoisotopic (exact) mass is 404 g/mol. The predicted octanol–water partition coefficient (Wildman–Crippen LogP) is 8.75. The normalized spacial score (nSPS) is 27.5. The van der Waals surface area contributed by atoms with E-state index < -0.39 is 0 Å². The van der Waals surface area contributed by atoms with Crippen LogP contribution in [0.2, 0.25) is 0 Å². The molecular weight excluding hydrogens is 367 g/mol. The van der Waals surface area contributed by atoms with Gasteiger partial charge in [-0.25, -0.2) is 4.39 Å². The summed E-state index contributed by atoms with van der Waals surface area (Å²) in [5.41, 5.74) is 2.22. The molecule has 0 N–H and O–H groups in total. The average Bonchev–Trinajstić information content (AvgIpc) is 2.79. The molecule has 0 aromatic heterocycles. The van der Waals surface area contributed by atoms with Gasteiger partial charge in [-0.3, -0.25) is 0 Å². The summed E-state index contributed by atoms with van der Waals surface area (Å²) in [5, 5.41) is 1.82. The first kappa shape index (κ1) is 21.3. The van der Waals surface area contributed by atoms with Crippen LogP contribution in [-0.2, 0) is 6.42 Å². The number of hydrogen-bond acceptors (Lipinski definition) is 0. The average molecular weight is 405 g/mol. The lowest BCUT2D eigenvalue weighted by Crippen LogP contribution is -2.25. The molecule has 2 saturated carbocycles. The van der Waals surface area contributed by atoms with E-state index in [-0.39, 0.29) is 5.82 Å². The lowest BCUT2D eigenvalue weighted by molar-refractivity contribution is 0.171. The number of hydrogen-bond donors (Lipinski definition) is 0. The molecule has 0 saturated heterocycles. The predicted molar refractivity (Wildman–Crippen MR) is 127 cm³/mol. The van der Waals surface area contributed by atoms with E-state index in [9.17, 15) is 4.39 Å². The fourth-order valence-corrected chi connectivity index (χ4v) is 6.07. The number of fused-ring (bicyclic) bond motifs is 1. The minimum atomic E-state index is -0.0434. The number of benzene rings is 2. The van der Waals surface area contributed by atoms with Crippen LogP contribution < -0.4 is 0 Å². The highest BCUT2D eigenvalue weighted by Gasteiger charge is 2.30. The van der Waals surface area contributed by atoms with Gasteiger partial charge in [-0.15, -0.1) is 6.58 Å². The molecule has 0 spiro atoms. The van der Waals surface area contributed by atoms with E-state index in [4.69, 9.17) is 0 Å². The third kappa shape index (κ3) is 4.71. The Labute approximate surface area is 182 Å². The van der Waals surface area contributed by atoms with Crippen LogP contribution in [0.3, 0.4) is 0 Å². The van der Waals surface area contributed by atoms with Crippen LogP contribution in [0.25, 0.3) is 10.8 Å². The van der Waals surface area contributed by atoms with Gasteiger partial charge in [-0.2, -0.15) is 0 Å². The van der Waals surface area contributed by atoms with Gasteiger partial charge in [0.15, 0.2) is 0 Å². The molecule has 160 valence electrons. The molecule has 2 aromatic carbocycles. The molecule has 0 atom stereocenters. The first-order chi connectivity index (χ1) is 14.7. The Hall–Kier alpha value is -1.89. The number of halogens is 1. The molecule has 2 aliphatic rings. The first-order valence-electron chi connectivity index (χ1n) is 12.1. The quantitative estimate of drug-likeness (QED) is 0.422. The van der Waals surface area contributed by atoms with E-state index >= 15 is 0 Å². The number of rotatable bonds is 6. The Morgan fingerprint density at radius 1 is 0.933 bits per heavy atom. The summed E-state index contributed by atoms with van der Waals surface area (Å²) in [4.78, 5) is 0. The van der Waals surface area contributed by atoms with Gasteiger partial charge in [0, 0.05) is 5.39 Å². The summed E-state index contributed by atoms with van der Waals surface area (Å²) in [6, 6.07) is 10.5. The largest absolute Gasteiger partial charge is 0.206 e. The van der Waals surface area contributed by atoms with Gasteiger partial charge in [0.25, 0.3) is 0 Å². The van der Waals surface area contributed by atoms with E-state index in [1.165, 1.54) is 56.9 Å². The first-order valence-corrected chi connectivity index (χ1v) is 12.1. The van der Waals surface area contributed by atoms with Gasteiger partial charge in [0.1, 0.15) is 5.82 Å². The van der Waals surface area contributed by atoms with E-state index in [0.29, 0.717) is 5.92 Å². The van der Waals surface area contributed by atoms with E-state index in [1.807, 2.05) is 18.2 Å². The smallest absolute Gasteiger partial charge is 0.134 e. The van der Waals surface area contributed by atoms with Crippen molar-refractivity contribution >= 4 is 10.8 Å². The van der Waals surface area contributed by atoms with Gasteiger partial charge in [0.05, 0.1) is 0 Å². The fraction of sp³-hybridized carbons (Fsp3) is 0.517. The number of allylic oxidation sites excluding steroid dienone is 3. The molecule has 4 rings (SSSR count). The van der Waals surface area contributed by atoms with Crippen molar-refractivity contribution in [2.75, 3.05) is 0 Å². The minimum Gasteiger partial charge on any atom is -0.206 e. The van der Waals surface area contributed by atoms with Crippen LogP contribution in [0.4, 0.5) is 4.39 Å². The molecule has 2 aromatic rings. The SMILES string of the molecule is C=CCCc1ccc2cc(C3CCC(C4CCC(/C=C/C)CC4)CC3)ccc2c1F. The topological polar surface area (TPSA) is 0 Å². The van der Waals surface area contributed by atoms with Gasteiger partial charge in [-0.05, 0) is 111 Å². The van der Waals surface area contributed by atoms with Gasteiger partial charge >= 0.3 is 0 Å². The molecular formula is C29H37F. The van der Waals surface area contributed by atoms with Crippen LogP contribution >= 0.6 is 0 Å². The summed E-state index contributed by atoms with van der Waals surface area (Å²) in [6.07, 6.45) is 19.0. The fourth-order valence-electron chi connectivity index (χ4n) is 6.07. The zero-order valence-electron chi connectivity index (χ0n) is 18.6. The maximum Gasteiger partial charge on any atom is 0.134 e. The summed E-state index contributed by atoms with van der Waals surface area (Å²) in [6.45, 7) is 5.90. The summed E-state index contributed by atoms with van der Waals surface area (Å²) < 4.78 is 14.9. The summed E-state index contributed by atoms with van der Waals surface area (Å²) in [7, 11) is 0. The molecule has 0 nitrogen and oxygen atoms in total. The van der Waals surface area contributed by atoms with Gasteiger partial charge in [0.2, 0.25) is 0 Å². The molecule has 1 heteroatoms. The Kier molecular flexibility index (Phi) is 7.08. The van der Waals surface area contributed by atoms with Crippen LogP contribution in [0.5, 0.6) is 0 Å². The van der Waals surface area contributed by atoms with Gasteiger partial charge < -0.3 is 0 Å². The lowest BCUT2D eigenvalue weighted by Gasteiger charge is -2.37. The van der Waals surface area contributed by atoms with Crippen molar-refractivity contribution in [3.8, 4) is 0 Å². The Morgan fingerprint density at radius 3 is 2.30 bits per heavy atom. The second kappa shape index (κ2) is 9.94. The minimum absolute atomic E-state index is 0.0434. The highest BCUT2D eigenvalue weighted by atomic mass is 19.1. The van der Waals surface area contributed by atoms with Crippen molar-refractivity contribution in [2.24, 2.45) is 17.8 Å². The zero-order chi connectivity index (χ0) is 20.9. The van der Waals surface area contributed by atoms with Crippen LogP contribution in [0, 0.1) is 23.6 Å². The second-order valence-corrected chi connectivity index (χ2v) is 9.66. The van der Waals surface area contributed by atoms with Gasteiger partial charge in [-0.1, -0.05) is 48.6 Å². The Balaban J connectivity index is 1.38. The maximum atomic E-state index is 14.9. The third-order valence-electron chi connectivity index (χ3n) is 7.87. The molecule has 0 heterocycles. The van der Waals surface area contributed by atoms with Crippen LogP contribution in [0.1, 0.15) is 81.8 Å². The highest BCUT2D eigenvalue weighted by molar-refractivity contribution is 5.84. The van der Waals surface area contributed by atoms with Crippen molar-refractivity contribution < 1.29 is 4.39 Å². The third-order valence-corrected chi connectivity index (χ3v) is 7.87. The standard InChI is InChI=1S/C29H37F/c1-3-5-7-25-16-17-27-20-26(18-19-28(27)29(25)30)24-14-12-23(13-15-24)22-10-8-21(6-4-2)9-11-22/h3-4,6,16-24H,1,5,7-15H2,2H3/b6-4+. The highest BCUT2D eigenvalue weighted by Crippen LogP contribution is 2.44. The molecule has 0 radical (unpaired) electrons. The van der Waals surface area contributed by atoms with Crippen LogP contribution in [-0.4, -0.2) is 0 Å². The van der Waals surface area contributed by atoms with Crippen molar-refractivity contribution in [2.45, 2.75) is 77.0 Å². The molecule has 0 amide bonds. The summed E-state index contributed by atoms with van der Waals surface area (Å²) in [5.74, 6) is 3.31. The Morgan fingerprint density at radius 2 is 1.63 bits per heavy atom. The van der Waals surface area contributed by atoms with Crippen molar-refractivity contribution in [3.63, 3.8) is 0 Å². The molecule has 2 aliphatic carbocycles. The molecule has 30 heavy (non-hydrogen) atoms. The van der Waals surface area contributed by atoms with E-state index in [1.54, 1.807) is 0 Å². The van der Waals surface area contributed by atoms with E-state index in [0.717, 1.165) is 46.9 Å². The maximum absolute atomic E-state index is 14.9. The number of aryl methyl sites for hydroxylation is 1.